The Morgan fingerprint density at radius 3 is 2.33 bits per heavy atom. The van der Waals surface area contributed by atoms with E-state index in [1.165, 1.54) is 6.92 Å². The Balaban J connectivity index is 3.25. The van der Waals surface area contributed by atoms with Gasteiger partial charge in [0, 0.05) is 11.6 Å². The highest BCUT2D eigenvalue weighted by atomic mass is 16.5. The van der Waals surface area contributed by atoms with Gasteiger partial charge in [-0.25, -0.2) is 4.79 Å². The molecule has 0 aliphatic rings. The molecule has 0 spiro atoms. The number of esters is 1. The molecule has 7 heteroatoms. The van der Waals surface area contributed by atoms with Gasteiger partial charge in [-0.1, -0.05) is 23.8 Å². The zero-order valence-corrected chi connectivity index (χ0v) is 13.6. The van der Waals surface area contributed by atoms with Gasteiger partial charge in [-0.3, -0.25) is 9.59 Å². The summed E-state index contributed by atoms with van der Waals surface area (Å²) in [7, 11) is 0. The minimum absolute atomic E-state index is 0.0687. The maximum Gasteiger partial charge on any atom is 0.347 e. The monoisotopic (exact) mass is 333 g/mol. The normalized spacial score (nSPS) is 12.4. The van der Waals surface area contributed by atoms with Crippen molar-refractivity contribution in [1.82, 2.24) is 0 Å². The number of rotatable bonds is 6. The molecule has 0 atom stereocenters. The predicted octanol–water partition coefficient (Wildman–Crippen LogP) is 1.63. The van der Waals surface area contributed by atoms with Crippen LogP contribution in [0.2, 0.25) is 0 Å². The Morgan fingerprint density at radius 1 is 1.21 bits per heavy atom. The zero-order valence-electron chi connectivity index (χ0n) is 13.6. The minimum Gasteiger partial charge on any atom is -0.507 e. The molecule has 0 aromatic heterocycles. The molecule has 128 valence electrons. The van der Waals surface area contributed by atoms with E-state index in [0.717, 1.165) is 5.56 Å². The minimum atomic E-state index is -1.31. The second-order valence-electron chi connectivity index (χ2n) is 5.02. The van der Waals surface area contributed by atoms with Crippen molar-refractivity contribution in [2.24, 2.45) is 5.73 Å². The van der Waals surface area contributed by atoms with Crippen LogP contribution in [0.1, 0.15) is 23.6 Å². The van der Waals surface area contributed by atoms with E-state index in [4.69, 9.17) is 5.73 Å². The van der Waals surface area contributed by atoms with Crippen molar-refractivity contribution >= 4 is 23.4 Å². The molecule has 0 aliphatic carbocycles. The number of hydrogen-bond acceptors (Lipinski definition) is 6. The molecular weight excluding hydrogens is 314 g/mol. The summed E-state index contributed by atoms with van der Waals surface area (Å²) in [4.78, 5) is 34.9. The first kappa shape index (κ1) is 19.0. The van der Waals surface area contributed by atoms with Crippen LogP contribution >= 0.6 is 0 Å². The lowest BCUT2D eigenvalue weighted by Crippen LogP contribution is -2.26. The number of aliphatic hydroxyl groups is 2. The molecule has 1 aromatic carbocycles. The van der Waals surface area contributed by atoms with Crippen molar-refractivity contribution in [2.75, 3.05) is 6.61 Å². The molecule has 7 nitrogen and oxygen atoms in total. The third kappa shape index (κ3) is 4.45. The summed E-state index contributed by atoms with van der Waals surface area (Å²) in [6, 6.07) is 5.14. The Morgan fingerprint density at radius 2 is 1.83 bits per heavy atom. The molecule has 24 heavy (non-hydrogen) atoms. The van der Waals surface area contributed by atoms with Crippen molar-refractivity contribution in [2.45, 2.75) is 20.8 Å². The first-order valence-corrected chi connectivity index (χ1v) is 7.11. The van der Waals surface area contributed by atoms with Gasteiger partial charge in [-0.05, 0) is 26.3 Å². The molecule has 0 heterocycles. The van der Waals surface area contributed by atoms with Crippen LogP contribution in [-0.4, -0.2) is 34.5 Å². The van der Waals surface area contributed by atoms with Gasteiger partial charge in [-0.2, -0.15) is 0 Å². The van der Waals surface area contributed by atoms with Gasteiger partial charge in [0.1, 0.15) is 5.76 Å². The van der Waals surface area contributed by atoms with Gasteiger partial charge in [0.05, 0.1) is 6.61 Å². The quantitative estimate of drug-likeness (QED) is 0.239. The molecule has 0 aliphatic heterocycles. The summed E-state index contributed by atoms with van der Waals surface area (Å²) in [5.41, 5.74) is 6.08. The van der Waals surface area contributed by atoms with Gasteiger partial charge < -0.3 is 20.7 Å². The van der Waals surface area contributed by atoms with E-state index in [1.807, 2.05) is 6.92 Å². The SMILES string of the molecule is CCOC(=O)/C(C(N)=O)=C(\O)C(=O)C=C(O)c1ccc(C)cc1C. The van der Waals surface area contributed by atoms with Crippen molar-refractivity contribution in [3.8, 4) is 0 Å². The lowest BCUT2D eigenvalue weighted by molar-refractivity contribution is -0.140. The van der Waals surface area contributed by atoms with E-state index in [1.54, 1.807) is 25.1 Å². The van der Waals surface area contributed by atoms with Crippen LogP contribution in [0.25, 0.3) is 5.76 Å². The van der Waals surface area contributed by atoms with Gasteiger partial charge >= 0.3 is 5.97 Å². The maximum atomic E-state index is 12.0. The largest absolute Gasteiger partial charge is 0.507 e. The first-order chi connectivity index (χ1) is 11.2. The average molecular weight is 333 g/mol. The summed E-state index contributed by atoms with van der Waals surface area (Å²) >= 11 is 0. The second kappa shape index (κ2) is 7.96. The van der Waals surface area contributed by atoms with E-state index >= 15 is 0 Å². The molecule has 1 aromatic rings. The Hall–Kier alpha value is -3.09. The number of primary amides is 1. The molecular formula is C17H19NO6. The van der Waals surface area contributed by atoms with Crippen LogP contribution in [-0.2, 0) is 19.1 Å². The van der Waals surface area contributed by atoms with Crippen molar-refractivity contribution in [1.29, 1.82) is 0 Å². The summed E-state index contributed by atoms with van der Waals surface area (Å²) in [6.07, 6.45) is 0.704. The summed E-state index contributed by atoms with van der Waals surface area (Å²) in [6.45, 7) is 5.03. The number of ketones is 1. The first-order valence-electron chi connectivity index (χ1n) is 7.11. The Kier molecular flexibility index (Phi) is 6.29. The highest BCUT2D eigenvalue weighted by Gasteiger charge is 2.26. The van der Waals surface area contributed by atoms with Crippen LogP contribution < -0.4 is 5.73 Å². The number of aliphatic hydroxyl groups excluding tert-OH is 2. The number of aryl methyl sites for hydroxylation is 2. The van der Waals surface area contributed by atoms with E-state index < -0.39 is 34.8 Å². The van der Waals surface area contributed by atoms with Crippen molar-refractivity contribution in [3.05, 3.63) is 52.3 Å². The second-order valence-corrected chi connectivity index (χ2v) is 5.02. The van der Waals surface area contributed by atoms with E-state index in [2.05, 4.69) is 4.74 Å². The molecule has 0 saturated carbocycles. The maximum absolute atomic E-state index is 12.0. The molecule has 1 amide bonds. The summed E-state index contributed by atoms with van der Waals surface area (Å²) in [5.74, 6) is -5.27. The molecule has 0 unspecified atom stereocenters. The number of hydrogen-bond donors (Lipinski definition) is 3. The number of carbonyl (C=O) groups is 3. The number of nitrogens with two attached hydrogens (primary N) is 1. The lowest BCUT2D eigenvalue weighted by Gasteiger charge is -2.07. The van der Waals surface area contributed by atoms with Crippen LogP contribution in [0.5, 0.6) is 0 Å². The van der Waals surface area contributed by atoms with E-state index in [0.29, 0.717) is 17.2 Å². The van der Waals surface area contributed by atoms with Crippen LogP contribution in [0.15, 0.2) is 35.6 Å². The Bertz CT molecular complexity index is 745. The topological polar surface area (TPSA) is 127 Å². The van der Waals surface area contributed by atoms with Crippen molar-refractivity contribution in [3.63, 3.8) is 0 Å². The average Bonchev–Trinajstić information content (AvgIpc) is 2.46. The predicted molar refractivity (Wildman–Crippen MR) is 87.0 cm³/mol. The Labute approximate surface area is 139 Å². The standard InChI is InChI=1S/C17H19NO6/c1-4-24-17(23)14(16(18)22)15(21)13(20)8-12(19)11-6-5-9(2)7-10(11)3/h5-8,19,21H,4H2,1-3H3,(H2,18,22)/b12-8?,15-14-. The van der Waals surface area contributed by atoms with Gasteiger partial charge in [-0.15, -0.1) is 0 Å². The fraction of sp³-hybridized carbons (Fsp3) is 0.235. The smallest absolute Gasteiger partial charge is 0.347 e. The molecule has 4 N–H and O–H groups in total. The van der Waals surface area contributed by atoms with Crippen LogP contribution in [0.3, 0.4) is 0 Å². The summed E-state index contributed by atoms with van der Waals surface area (Å²) in [5, 5.41) is 19.9. The molecule has 0 bridgehead atoms. The molecule has 0 saturated heterocycles. The van der Waals surface area contributed by atoms with E-state index in [9.17, 15) is 24.6 Å². The highest BCUT2D eigenvalue weighted by molar-refractivity contribution is 6.22. The fourth-order valence-corrected chi connectivity index (χ4v) is 2.01. The van der Waals surface area contributed by atoms with E-state index in [-0.39, 0.29) is 6.61 Å². The lowest BCUT2D eigenvalue weighted by atomic mass is 10.0. The molecule has 0 fully saturated rings. The van der Waals surface area contributed by atoms with Gasteiger partial charge in [0.15, 0.2) is 11.3 Å². The number of carbonyl (C=O) groups excluding carboxylic acids is 3. The van der Waals surface area contributed by atoms with Crippen LogP contribution in [0.4, 0.5) is 0 Å². The number of amides is 1. The van der Waals surface area contributed by atoms with Gasteiger partial charge in [0.25, 0.3) is 5.91 Å². The molecule has 0 radical (unpaired) electrons. The van der Waals surface area contributed by atoms with Crippen molar-refractivity contribution < 1.29 is 29.3 Å². The van der Waals surface area contributed by atoms with Gasteiger partial charge in [0.2, 0.25) is 5.78 Å². The third-order valence-corrected chi connectivity index (χ3v) is 3.12. The fourth-order valence-electron chi connectivity index (χ4n) is 2.01. The number of benzene rings is 1. The molecule has 1 rings (SSSR count). The third-order valence-electron chi connectivity index (χ3n) is 3.12. The zero-order chi connectivity index (χ0) is 18.4. The summed E-state index contributed by atoms with van der Waals surface area (Å²) < 4.78 is 4.57. The number of allylic oxidation sites excluding steroid dienone is 1. The van der Waals surface area contributed by atoms with Crippen LogP contribution in [0, 0.1) is 13.8 Å². The number of ether oxygens (including phenoxy) is 1. The highest BCUT2D eigenvalue weighted by Crippen LogP contribution is 2.19.